The fourth-order valence-corrected chi connectivity index (χ4v) is 4.17. The largest absolute Gasteiger partial charge is 0.494 e. The molecule has 0 aromatic heterocycles. The van der Waals surface area contributed by atoms with Crippen molar-refractivity contribution in [1.29, 1.82) is 0 Å². The van der Waals surface area contributed by atoms with Gasteiger partial charge < -0.3 is 9.47 Å². The van der Waals surface area contributed by atoms with E-state index >= 15 is 0 Å². The van der Waals surface area contributed by atoms with Crippen LogP contribution in [-0.2, 0) is 4.74 Å². The summed E-state index contributed by atoms with van der Waals surface area (Å²) in [6.07, 6.45) is 16.6. The molecule has 0 aliphatic carbocycles. The van der Waals surface area contributed by atoms with Crippen LogP contribution in [0.4, 0.5) is 0 Å². The molecule has 2 aromatic carbocycles. The first kappa shape index (κ1) is 26.5. The SMILES string of the molecule is CCCCCCCCCCCCCCOc1ccc(-c2ccc(C(C)OCC)cc2)cc1. The molecule has 0 heterocycles. The topological polar surface area (TPSA) is 18.5 Å². The van der Waals surface area contributed by atoms with Crippen LogP contribution in [0.25, 0.3) is 11.1 Å². The van der Waals surface area contributed by atoms with E-state index in [0.717, 1.165) is 25.4 Å². The second-order valence-corrected chi connectivity index (χ2v) is 8.98. The molecule has 0 saturated heterocycles. The lowest BCUT2D eigenvalue weighted by atomic mass is 10.0. The monoisotopic (exact) mass is 438 g/mol. The van der Waals surface area contributed by atoms with Crippen molar-refractivity contribution in [3.8, 4) is 16.9 Å². The Morgan fingerprint density at radius 1 is 0.594 bits per heavy atom. The maximum Gasteiger partial charge on any atom is 0.119 e. The van der Waals surface area contributed by atoms with Crippen LogP contribution in [0.15, 0.2) is 48.5 Å². The van der Waals surface area contributed by atoms with Gasteiger partial charge in [-0.1, -0.05) is 114 Å². The van der Waals surface area contributed by atoms with Crippen molar-refractivity contribution < 1.29 is 9.47 Å². The maximum absolute atomic E-state index is 5.95. The molecule has 0 amide bonds. The van der Waals surface area contributed by atoms with E-state index in [9.17, 15) is 0 Å². The zero-order valence-electron chi connectivity index (χ0n) is 20.9. The number of hydrogen-bond acceptors (Lipinski definition) is 2. The van der Waals surface area contributed by atoms with Crippen LogP contribution in [0.1, 0.15) is 109 Å². The Hall–Kier alpha value is -1.80. The van der Waals surface area contributed by atoms with Crippen LogP contribution in [0.3, 0.4) is 0 Å². The van der Waals surface area contributed by atoms with Gasteiger partial charge >= 0.3 is 0 Å². The second kappa shape index (κ2) is 16.8. The van der Waals surface area contributed by atoms with E-state index in [1.54, 1.807) is 0 Å². The van der Waals surface area contributed by atoms with Gasteiger partial charge in [-0.25, -0.2) is 0 Å². The van der Waals surface area contributed by atoms with Crippen LogP contribution >= 0.6 is 0 Å². The van der Waals surface area contributed by atoms with E-state index in [-0.39, 0.29) is 6.10 Å². The number of rotatable bonds is 18. The Morgan fingerprint density at radius 3 is 1.56 bits per heavy atom. The molecule has 0 aliphatic heterocycles. The molecule has 0 aliphatic rings. The van der Waals surface area contributed by atoms with Gasteiger partial charge in [0, 0.05) is 6.61 Å². The standard InChI is InChI=1S/C30H46O2/c1-4-6-7-8-9-10-11-12-13-14-15-16-25-32-30-23-21-29(22-24-30)28-19-17-27(18-20-28)26(3)31-5-2/h17-24,26H,4-16,25H2,1-3H3. The van der Waals surface area contributed by atoms with Crippen LogP contribution in [-0.4, -0.2) is 13.2 Å². The lowest BCUT2D eigenvalue weighted by Crippen LogP contribution is -1.99. The molecule has 0 fully saturated rings. The molecule has 1 unspecified atom stereocenters. The van der Waals surface area contributed by atoms with Gasteiger partial charge in [0.2, 0.25) is 0 Å². The molecule has 0 saturated carbocycles. The van der Waals surface area contributed by atoms with Crippen LogP contribution in [0, 0.1) is 0 Å². The number of hydrogen-bond donors (Lipinski definition) is 0. The molecule has 0 spiro atoms. The van der Waals surface area contributed by atoms with Gasteiger partial charge in [-0.3, -0.25) is 0 Å². The van der Waals surface area contributed by atoms with Crippen molar-refractivity contribution in [1.82, 2.24) is 0 Å². The molecule has 2 nitrogen and oxygen atoms in total. The minimum absolute atomic E-state index is 0.144. The number of unbranched alkanes of at least 4 members (excludes halogenated alkanes) is 11. The normalized spacial score (nSPS) is 12.1. The van der Waals surface area contributed by atoms with Gasteiger partial charge in [0.1, 0.15) is 5.75 Å². The highest BCUT2D eigenvalue weighted by atomic mass is 16.5. The summed E-state index contributed by atoms with van der Waals surface area (Å²) < 4.78 is 11.6. The zero-order valence-corrected chi connectivity index (χ0v) is 20.9. The summed E-state index contributed by atoms with van der Waals surface area (Å²) in [7, 11) is 0. The third-order valence-corrected chi connectivity index (χ3v) is 6.25. The predicted octanol–water partition coefficient (Wildman–Crippen LogP) is 9.53. The van der Waals surface area contributed by atoms with Gasteiger partial charge in [0.25, 0.3) is 0 Å². The van der Waals surface area contributed by atoms with Gasteiger partial charge in [0.15, 0.2) is 0 Å². The predicted molar refractivity (Wildman–Crippen MR) is 138 cm³/mol. The highest BCUT2D eigenvalue weighted by Crippen LogP contribution is 2.25. The second-order valence-electron chi connectivity index (χ2n) is 8.98. The summed E-state index contributed by atoms with van der Waals surface area (Å²) in [6, 6.07) is 17.2. The minimum atomic E-state index is 0.144. The van der Waals surface area contributed by atoms with Crippen molar-refractivity contribution in [2.45, 2.75) is 104 Å². The summed E-state index contributed by atoms with van der Waals surface area (Å²) in [5.74, 6) is 0.971. The molecular formula is C30H46O2. The van der Waals surface area contributed by atoms with E-state index in [1.165, 1.54) is 87.3 Å². The number of benzene rings is 2. The fraction of sp³-hybridized carbons (Fsp3) is 0.600. The maximum atomic E-state index is 5.95. The van der Waals surface area contributed by atoms with E-state index in [4.69, 9.17) is 9.47 Å². The van der Waals surface area contributed by atoms with E-state index < -0.39 is 0 Å². The van der Waals surface area contributed by atoms with Crippen LogP contribution in [0.2, 0.25) is 0 Å². The average Bonchev–Trinajstić information content (AvgIpc) is 2.83. The quantitative estimate of drug-likeness (QED) is 0.216. The van der Waals surface area contributed by atoms with Gasteiger partial charge in [-0.15, -0.1) is 0 Å². The van der Waals surface area contributed by atoms with Gasteiger partial charge in [-0.05, 0) is 49.1 Å². The van der Waals surface area contributed by atoms with Crippen molar-refractivity contribution in [3.63, 3.8) is 0 Å². The highest BCUT2D eigenvalue weighted by molar-refractivity contribution is 5.64. The Bertz CT molecular complexity index is 690. The summed E-state index contributed by atoms with van der Waals surface area (Å²) in [5.41, 5.74) is 3.67. The summed E-state index contributed by atoms with van der Waals surface area (Å²) in [6.45, 7) is 7.98. The molecular weight excluding hydrogens is 392 g/mol. The molecule has 32 heavy (non-hydrogen) atoms. The van der Waals surface area contributed by atoms with Crippen molar-refractivity contribution in [3.05, 3.63) is 54.1 Å². The lowest BCUT2D eigenvalue weighted by Gasteiger charge is -2.12. The Kier molecular flexibility index (Phi) is 13.9. The van der Waals surface area contributed by atoms with Gasteiger partial charge in [-0.2, -0.15) is 0 Å². The number of ether oxygens (including phenoxy) is 2. The highest BCUT2D eigenvalue weighted by Gasteiger charge is 2.05. The summed E-state index contributed by atoms with van der Waals surface area (Å²) >= 11 is 0. The average molecular weight is 439 g/mol. The molecule has 0 bridgehead atoms. The lowest BCUT2D eigenvalue weighted by molar-refractivity contribution is 0.0764. The van der Waals surface area contributed by atoms with E-state index in [2.05, 4.69) is 62.4 Å². The van der Waals surface area contributed by atoms with Crippen molar-refractivity contribution in [2.24, 2.45) is 0 Å². The molecule has 2 rings (SSSR count). The smallest absolute Gasteiger partial charge is 0.119 e. The Labute approximate surface area is 197 Å². The molecule has 0 N–H and O–H groups in total. The first-order valence-corrected chi connectivity index (χ1v) is 13.2. The third-order valence-electron chi connectivity index (χ3n) is 6.25. The van der Waals surface area contributed by atoms with Crippen molar-refractivity contribution in [2.75, 3.05) is 13.2 Å². The van der Waals surface area contributed by atoms with Gasteiger partial charge in [0.05, 0.1) is 12.7 Å². The van der Waals surface area contributed by atoms with Crippen LogP contribution in [0.5, 0.6) is 5.75 Å². The fourth-order valence-electron chi connectivity index (χ4n) is 4.17. The zero-order chi connectivity index (χ0) is 22.9. The van der Waals surface area contributed by atoms with E-state index in [1.807, 2.05) is 6.92 Å². The molecule has 1 atom stereocenters. The third kappa shape index (κ3) is 10.7. The molecule has 0 radical (unpaired) electrons. The summed E-state index contributed by atoms with van der Waals surface area (Å²) in [5, 5.41) is 0. The Balaban J connectivity index is 1.55. The molecule has 2 aromatic rings. The Morgan fingerprint density at radius 2 is 1.06 bits per heavy atom. The first-order chi connectivity index (χ1) is 15.7. The van der Waals surface area contributed by atoms with E-state index in [0.29, 0.717) is 0 Å². The van der Waals surface area contributed by atoms with Crippen molar-refractivity contribution >= 4 is 0 Å². The molecule has 2 heteroatoms. The first-order valence-electron chi connectivity index (χ1n) is 13.2. The molecule has 178 valence electrons. The minimum Gasteiger partial charge on any atom is -0.494 e. The van der Waals surface area contributed by atoms with Crippen LogP contribution < -0.4 is 4.74 Å². The summed E-state index contributed by atoms with van der Waals surface area (Å²) in [4.78, 5) is 0.